The number of carbonyl (C=O) groups is 1. The van der Waals surface area contributed by atoms with Crippen LogP contribution in [0.15, 0.2) is 42.7 Å². The first-order valence-electron chi connectivity index (χ1n) is 5.03. The molecule has 0 spiro atoms. The van der Waals surface area contributed by atoms with Gasteiger partial charge in [0, 0.05) is 18.3 Å². The number of nitrogens with one attached hydrogen (secondary N) is 1. The van der Waals surface area contributed by atoms with E-state index < -0.39 is 0 Å². The molecule has 2 rings (SSSR count). The highest BCUT2D eigenvalue weighted by atomic mass is 16.1. The Kier molecular flexibility index (Phi) is 3.28. The number of carbonyl (C=O) groups excluding carboxylic acids is 1. The minimum absolute atomic E-state index is 0.0262. The average Bonchev–Trinajstić information content (AvgIpc) is 2.81. The Morgan fingerprint density at radius 3 is 2.81 bits per heavy atom. The van der Waals surface area contributed by atoms with E-state index in [9.17, 15) is 4.79 Å². The molecule has 1 aromatic heterocycles. The molecule has 0 aliphatic carbocycles. The zero-order chi connectivity index (χ0) is 11.2. The zero-order valence-electron chi connectivity index (χ0n) is 8.71. The molecule has 0 fully saturated rings. The summed E-state index contributed by atoms with van der Waals surface area (Å²) in [6, 6.07) is 9.38. The molecule has 0 saturated heterocycles. The number of nitrogens with zero attached hydrogens (tertiary/aromatic N) is 3. The summed E-state index contributed by atoms with van der Waals surface area (Å²) in [5, 5.41) is 10.3. The number of amides is 1. The highest BCUT2D eigenvalue weighted by Crippen LogP contribution is 2.05. The van der Waals surface area contributed by atoms with E-state index in [-0.39, 0.29) is 5.91 Å². The van der Waals surface area contributed by atoms with Gasteiger partial charge < -0.3 is 5.32 Å². The lowest BCUT2D eigenvalue weighted by Crippen LogP contribution is -2.14. The van der Waals surface area contributed by atoms with E-state index in [2.05, 4.69) is 15.6 Å². The minimum Gasteiger partial charge on any atom is -0.326 e. The summed E-state index contributed by atoms with van der Waals surface area (Å²) in [7, 11) is 0. The zero-order valence-corrected chi connectivity index (χ0v) is 8.71. The molecule has 0 unspecified atom stereocenters. The second-order valence-electron chi connectivity index (χ2n) is 3.33. The predicted octanol–water partition coefficient (Wildman–Crippen LogP) is 1.31. The van der Waals surface area contributed by atoms with Gasteiger partial charge in [0.2, 0.25) is 5.91 Å². The van der Waals surface area contributed by atoms with E-state index in [0.29, 0.717) is 13.0 Å². The molecule has 1 N–H and O–H groups in total. The molecule has 2 aromatic rings. The van der Waals surface area contributed by atoms with Crippen molar-refractivity contribution in [2.75, 3.05) is 5.32 Å². The van der Waals surface area contributed by atoms with Crippen LogP contribution in [0.5, 0.6) is 0 Å². The lowest BCUT2D eigenvalue weighted by molar-refractivity contribution is -0.116. The van der Waals surface area contributed by atoms with Crippen LogP contribution in [0.4, 0.5) is 5.69 Å². The van der Waals surface area contributed by atoms with E-state index in [0.717, 1.165) is 5.69 Å². The average molecular weight is 216 g/mol. The van der Waals surface area contributed by atoms with Crippen molar-refractivity contribution in [3.8, 4) is 0 Å². The van der Waals surface area contributed by atoms with Crippen LogP contribution in [0.3, 0.4) is 0 Å². The Hall–Kier alpha value is -2.17. The Bertz CT molecular complexity index is 438. The highest BCUT2D eigenvalue weighted by Gasteiger charge is 2.02. The summed E-state index contributed by atoms with van der Waals surface area (Å²) in [4.78, 5) is 11.5. The molecule has 0 atom stereocenters. The van der Waals surface area contributed by atoms with Crippen LogP contribution in [-0.2, 0) is 11.3 Å². The number of anilines is 1. The standard InChI is InChI=1S/C11H12N4O/c16-11(6-8-15-9-7-12-14-15)13-10-4-2-1-3-5-10/h1-5,7,9H,6,8H2,(H,13,16). The molecule has 1 amide bonds. The molecule has 16 heavy (non-hydrogen) atoms. The van der Waals surface area contributed by atoms with Crippen LogP contribution in [-0.4, -0.2) is 20.9 Å². The molecule has 1 aromatic carbocycles. The van der Waals surface area contributed by atoms with Gasteiger partial charge in [-0.05, 0) is 12.1 Å². The SMILES string of the molecule is O=C(CCn1ccnn1)Nc1ccccc1. The monoisotopic (exact) mass is 216 g/mol. The molecular formula is C11H12N4O. The fourth-order valence-corrected chi connectivity index (χ4v) is 1.31. The van der Waals surface area contributed by atoms with E-state index in [4.69, 9.17) is 0 Å². The van der Waals surface area contributed by atoms with Crippen LogP contribution in [0.2, 0.25) is 0 Å². The maximum atomic E-state index is 11.5. The Balaban J connectivity index is 1.81. The molecule has 1 heterocycles. The smallest absolute Gasteiger partial charge is 0.226 e. The lowest BCUT2D eigenvalue weighted by atomic mass is 10.3. The number of aromatic nitrogens is 3. The molecule has 5 nitrogen and oxygen atoms in total. The van der Waals surface area contributed by atoms with Crippen molar-refractivity contribution in [3.05, 3.63) is 42.7 Å². The number of para-hydroxylation sites is 1. The molecule has 82 valence electrons. The van der Waals surface area contributed by atoms with Gasteiger partial charge in [-0.1, -0.05) is 23.4 Å². The second kappa shape index (κ2) is 5.06. The van der Waals surface area contributed by atoms with Crippen LogP contribution in [0, 0.1) is 0 Å². The van der Waals surface area contributed by atoms with Gasteiger partial charge in [-0.25, -0.2) is 0 Å². The van der Waals surface area contributed by atoms with Gasteiger partial charge in [0.25, 0.3) is 0 Å². The summed E-state index contributed by atoms with van der Waals surface area (Å²) in [6.45, 7) is 0.540. The van der Waals surface area contributed by atoms with Crippen molar-refractivity contribution in [2.24, 2.45) is 0 Å². The summed E-state index contributed by atoms with van der Waals surface area (Å²) in [6.07, 6.45) is 3.71. The second-order valence-corrected chi connectivity index (χ2v) is 3.33. The van der Waals surface area contributed by atoms with Gasteiger partial charge in [-0.2, -0.15) is 0 Å². The first kappa shape index (κ1) is 10.4. The first-order valence-corrected chi connectivity index (χ1v) is 5.03. The van der Waals surface area contributed by atoms with Crippen LogP contribution < -0.4 is 5.32 Å². The van der Waals surface area contributed by atoms with Gasteiger partial charge in [0.05, 0.1) is 12.7 Å². The van der Waals surface area contributed by atoms with Gasteiger partial charge in [-0.15, -0.1) is 5.10 Å². The minimum atomic E-state index is -0.0262. The Morgan fingerprint density at radius 1 is 1.31 bits per heavy atom. The Morgan fingerprint density at radius 2 is 2.12 bits per heavy atom. The number of benzene rings is 1. The number of aryl methyl sites for hydroxylation is 1. The number of hydrogen-bond donors (Lipinski definition) is 1. The van der Waals surface area contributed by atoms with Gasteiger partial charge >= 0.3 is 0 Å². The predicted molar refractivity (Wildman–Crippen MR) is 59.7 cm³/mol. The molecule has 0 aliphatic heterocycles. The first-order chi connectivity index (χ1) is 7.84. The van der Waals surface area contributed by atoms with Crippen molar-refractivity contribution in [2.45, 2.75) is 13.0 Å². The molecule has 0 aliphatic rings. The third kappa shape index (κ3) is 2.91. The molecular weight excluding hydrogens is 204 g/mol. The van der Waals surface area contributed by atoms with Gasteiger partial charge in [-0.3, -0.25) is 9.48 Å². The summed E-state index contributed by atoms with van der Waals surface area (Å²) in [5.41, 5.74) is 0.811. The number of rotatable bonds is 4. The summed E-state index contributed by atoms with van der Waals surface area (Å²) in [5.74, 6) is -0.0262. The largest absolute Gasteiger partial charge is 0.326 e. The van der Waals surface area contributed by atoms with E-state index in [1.165, 1.54) is 0 Å². The Labute approximate surface area is 93.1 Å². The third-order valence-corrected chi connectivity index (χ3v) is 2.10. The summed E-state index contributed by atoms with van der Waals surface area (Å²) >= 11 is 0. The highest BCUT2D eigenvalue weighted by molar-refractivity contribution is 5.90. The normalized spacial score (nSPS) is 10.0. The van der Waals surface area contributed by atoms with Gasteiger partial charge in [0.15, 0.2) is 0 Å². The maximum Gasteiger partial charge on any atom is 0.226 e. The fourth-order valence-electron chi connectivity index (χ4n) is 1.31. The summed E-state index contributed by atoms with van der Waals surface area (Å²) < 4.78 is 1.63. The fraction of sp³-hybridized carbons (Fsp3) is 0.182. The van der Waals surface area contributed by atoms with E-state index in [1.807, 2.05) is 30.3 Å². The molecule has 0 bridgehead atoms. The van der Waals surface area contributed by atoms with E-state index >= 15 is 0 Å². The third-order valence-electron chi connectivity index (χ3n) is 2.10. The lowest BCUT2D eigenvalue weighted by Gasteiger charge is -2.04. The van der Waals surface area contributed by atoms with Crippen molar-refractivity contribution >= 4 is 11.6 Å². The van der Waals surface area contributed by atoms with Crippen molar-refractivity contribution in [1.82, 2.24) is 15.0 Å². The maximum absolute atomic E-state index is 11.5. The van der Waals surface area contributed by atoms with Crippen molar-refractivity contribution < 1.29 is 4.79 Å². The van der Waals surface area contributed by atoms with Crippen LogP contribution >= 0.6 is 0 Å². The number of hydrogen-bond acceptors (Lipinski definition) is 3. The van der Waals surface area contributed by atoms with Crippen LogP contribution in [0.25, 0.3) is 0 Å². The van der Waals surface area contributed by atoms with Crippen molar-refractivity contribution in [1.29, 1.82) is 0 Å². The van der Waals surface area contributed by atoms with Gasteiger partial charge in [0.1, 0.15) is 0 Å². The van der Waals surface area contributed by atoms with Crippen LogP contribution in [0.1, 0.15) is 6.42 Å². The topological polar surface area (TPSA) is 59.8 Å². The molecule has 0 saturated carbocycles. The van der Waals surface area contributed by atoms with Crippen molar-refractivity contribution in [3.63, 3.8) is 0 Å². The quantitative estimate of drug-likeness (QED) is 0.838. The van der Waals surface area contributed by atoms with E-state index in [1.54, 1.807) is 17.1 Å². The molecule has 0 radical (unpaired) electrons. The molecule has 5 heteroatoms.